The highest BCUT2D eigenvalue weighted by atomic mass is 32.2. The van der Waals surface area contributed by atoms with Crippen molar-refractivity contribution in [2.24, 2.45) is 5.92 Å². The van der Waals surface area contributed by atoms with Gasteiger partial charge >= 0.3 is 0 Å². The molecule has 1 aliphatic carbocycles. The molecule has 1 aliphatic rings. The summed E-state index contributed by atoms with van der Waals surface area (Å²) in [5.41, 5.74) is 0. The molecule has 0 saturated heterocycles. The van der Waals surface area contributed by atoms with Gasteiger partial charge in [0.25, 0.3) is 0 Å². The van der Waals surface area contributed by atoms with E-state index < -0.39 is 10.0 Å². The van der Waals surface area contributed by atoms with Crippen LogP contribution < -0.4 is 4.72 Å². The second kappa shape index (κ2) is 3.72. The summed E-state index contributed by atoms with van der Waals surface area (Å²) in [7, 11) is -3.14. The molecule has 1 atom stereocenters. The van der Waals surface area contributed by atoms with Crippen LogP contribution in [0.1, 0.15) is 19.8 Å². The first-order valence-electron chi connectivity index (χ1n) is 4.14. The molecule has 12 heavy (non-hydrogen) atoms. The summed E-state index contributed by atoms with van der Waals surface area (Å²) in [5, 5.41) is 8.62. The second-order valence-electron chi connectivity index (χ2n) is 3.43. The maximum absolute atomic E-state index is 11.2. The van der Waals surface area contributed by atoms with E-state index in [1.54, 1.807) is 6.92 Å². The molecule has 0 bridgehead atoms. The monoisotopic (exact) mass is 193 g/mol. The Hall–Kier alpha value is -0.130. The first-order valence-corrected chi connectivity index (χ1v) is 5.79. The van der Waals surface area contributed by atoms with Gasteiger partial charge in [0.15, 0.2) is 0 Å². The largest absolute Gasteiger partial charge is 0.395 e. The van der Waals surface area contributed by atoms with Gasteiger partial charge < -0.3 is 5.11 Å². The molecule has 5 heteroatoms. The number of rotatable bonds is 5. The molecule has 0 aliphatic heterocycles. The Balaban J connectivity index is 2.36. The van der Waals surface area contributed by atoms with Crippen molar-refractivity contribution >= 4 is 10.0 Å². The Labute approximate surface area is 73.0 Å². The van der Waals surface area contributed by atoms with Gasteiger partial charge in [0, 0.05) is 6.04 Å². The third-order valence-electron chi connectivity index (χ3n) is 1.81. The lowest BCUT2D eigenvalue weighted by atomic mass is 10.4. The van der Waals surface area contributed by atoms with Crippen LogP contribution in [0, 0.1) is 5.92 Å². The van der Waals surface area contributed by atoms with Crippen molar-refractivity contribution in [3.8, 4) is 0 Å². The number of aliphatic hydroxyl groups excluding tert-OH is 1. The number of hydrogen-bond acceptors (Lipinski definition) is 3. The van der Waals surface area contributed by atoms with Crippen LogP contribution in [0.4, 0.5) is 0 Å². The molecule has 0 aromatic carbocycles. The molecule has 0 heterocycles. The molecule has 1 rings (SSSR count). The van der Waals surface area contributed by atoms with E-state index in [-0.39, 0.29) is 18.4 Å². The Kier molecular flexibility index (Phi) is 3.09. The van der Waals surface area contributed by atoms with E-state index in [2.05, 4.69) is 4.72 Å². The van der Waals surface area contributed by atoms with Crippen molar-refractivity contribution in [3.63, 3.8) is 0 Å². The first kappa shape index (κ1) is 9.95. The molecule has 0 spiro atoms. The number of aliphatic hydroxyl groups is 1. The van der Waals surface area contributed by atoms with Gasteiger partial charge in [-0.1, -0.05) is 0 Å². The van der Waals surface area contributed by atoms with Crippen molar-refractivity contribution in [2.75, 3.05) is 12.4 Å². The van der Waals surface area contributed by atoms with E-state index in [0.717, 1.165) is 12.8 Å². The van der Waals surface area contributed by atoms with Gasteiger partial charge in [0.2, 0.25) is 10.0 Å². The van der Waals surface area contributed by atoms with Crippen molar-refractivity contribution < 1.29 is 13.5 Å². The highest BCUT2D eigenvalue weighted by Gasteiger charge is 2.28. The molecule has 0 radical (unpaired) electrons. The lowest BCUT2D eigenvalue weighted by Crippen LogP contribution is -2.36. The highest BCUT2D eigenvalue weighted by molar-refractivity contribution is 7.89. The molecular formula is C7H15NO3S. The predicted octanol–water partition coefficient (Wildman–Crippen LogP) is -0.303. The van der Waals surface area contributed by atoms with Crippen molar-refractivity contribution in [1.82, 2.24) is 4.72 Å². The van der Waals surface area contributed by atoms with Gasteiger partial charge in [-0.25, -0.2) is 13.1 Å². The fourth-order valence-corrected chi connectivity index (χ4v) is 2.72. The molecule has 72 valence electrons. The average Bonchev–Trinajstić information content (AvgIpc) is 2.69. The third kappa shape index (κ3) is 3.51. The van der Waals surface area contributed by atoms with E-state index in [1.807, 2.05) is 0 Å². The van der Waals surface area contributed by atoms with Crippen LogP contribution in [0.5, 0.6) is 0 Å². The van der Waals surface area contributed by atoms with E-state index in [9.17, 15) is 8.42 Å². The first-order chi connectivity index (χ1) is 5.53. The van der Waals surface area contributed by atoms with E-state index in [0.29, 0.717) is 5.92 Å². The standard InChI is InChI=1S/C7H15NO3S/c1-6(4-9)8-12(10,11)5-7-2-3-7/h6-9H,2-5H2,1H3/t6-/m1/s1. The third-order valence-corrected chi connectivity index (χ3v) is 3.48. The van der Waals surface area contributed by atoms with Crippen LogP contribution in [0.3, 0.4) is 0 Å². The number of sulfonamides is 1. The van der Waals surface area contributed by atoms with Crippen molar-refractivity contribution in [2.45, 2.75) is 25.8 Å². The SMILES string of the molecule is C[C@H](CO)NS(=O)(=O)CC1CC1. The minimum atomic E-state index is -3.14. The Morgan fingerprint density at radius 3 is 2.58 bits per heavy atom. The lowest BCUT2D eigenvalue weighted by molar-refractivity contribution is 0.265. The smallest absolute Gasteiger partial charge is 0.212 e. The van der Waals surface area contributed by atoms with Crippen molar-refractivity contribution in [1.29, 1.82) is 0 Å². The Morgan fingerprint density at radius 1 is 1.58 bits per heavy atom. The van der Waals surface area contributed by atoms with Crippen LogP contribution in [0.2, 0.25) is 0 Å². The zero-order valence-electron chi connectivity index (χ0n) is 7.16. The summed E-state index contributed by atoms with van der Waals surface area (Å²) in [4.78, 5) is 0. The predicted molar refractivity (Wildman–Crippen MR) is 46.2 cm³/mol. The normalized spacial score (nSPS) is 20.8. The fraction of sp³-hybridized carbons (Fsp3) is 1.00. The lowest BCUT2D eigenvalue weighted by Gasteiger charge is -2.10. The summed E-state index contributed by atoms with van der Waals surface area (Å²) < 4.78 is 24.9. The summed E-state index contributed by atoms with van der Waals surface area (Å²) in [6, 6.07) is -0.367. The maximum atomic E-state index is 11.2. The van der Waals surface area contributed by atoms with Gasteiger partial charge in [-0.3, -0.25) is 0 Å². The average molecular weight is 193 g/mol. The van der Waals surface area contributed by atoms with Crippen LogP contribution in [0.25, 0.3) is 0 Å². The molecular weight excluding hydrogens is 178 g/mol. The van der Waals surface area contributed by atoms with Crippen molar-refractivity contribution in [3.05, 3.63) is 0 Å². The molecule has 2 N–H and O–H groups in total. The van der Waals surface area contributed by atoms with E-state index in [1.165, 1.54) is 0 Å². The van der Waals surface area contributed by atoms with Crippen LogP contribution >= 0.6 is 0 Å². The molecule has 1 fully saturated rings. The minimum absolute atomic E-state index is 0.149. The number of nitrogens with one attached hydrogen (secondary N) is 1. The van der Waals surface area contributed by atoms with Gasteiger partial charge in [-0.15, -0.1) is 0 Å². The van der Waals surface area contributed by atoms with Gasteiger partial charge in [0.1, 0.15) is 0 Å². The van der Waals surface area contributed by atoms with Gasteiger partial charge in [0.05, 0.1) is 12.4 Å². The maximum Gasteiger partial charge on any atom is 0.212 e. The molecule has 4 nitrogen and oxygen atoms in total. The topological polar surface area (TPSA) is 66.4 Å². The Morgan fingerprint density at radius 2 is 2.17 bits per heavy atom. The van der Waals surface area contributed by atoms with Gasteiger partial charge in [-0.05, 0) is 25.7 Å². The van der Waals surface area contributed by atoms with Gasteiger partial charge in [-0.2, -0.15) is 0 Å². The van der Waals surface area contributed by atoms with Crippen LogP contribution in [-0.4, -0.2) is 31.9 Å². The second-order valence-corrected chi connectivity index (χ2v) is 5.22. The van der Waals surface area contributed by atoms with E-state index >= 15 is 0 Å². The number of hydrogen-bond donors (Lipinski definition) is 2. The zero-order chi connectivity index (χ0) is 9.19. The molecule has 0 aromatic rings. The van der Waals surface area contributed by atoms with Crippen LogP contribution in [0.15, 0.2) is 0 Å². The summed E-state index contributed by atoms with van der Waals surface area (Å²) >= 11 is 0. The highest BCUT2D eigenvalue weighted by Crippen LogP contribution is 2.29. The molecule has 1 saturated carbocycles. The summed E-state index contributed by atoms with van der Waals surface area (Å²) in [6.45, 7) is 1.49. The quantitative estimate of drug-likeness (QED) is 0.630. The fourth-order valence-electron chi connectivity index (χ4n) is 0.987. The van der Waals surface area contributed by atoms with Crippen LogP contribution in [-0.2, 0) is 10.0 Å². The molecule has 0 amide bonds. The Bertz CT molecular complexity index is 233. The summed E-state index contributed by atoms with van der Waals surface area (Å²) in [6.07, 6.45) is 2.04. The molecule has 0 unspecified atom stereocenters. The van der Waals surface area contributed by atoms with E-state index in [4.69, 9.17) is 5.11 Å². The zero-order valence-corrected chi connectivity index (χ0v) is 7.97. The summed E-state index contributed by atoms with van der Waals surface area (Å²) in [5.74, 6) is 0.575. The molecule has 0 aromatic heterocycles. The minimum Gasteiger partial charge on any atom is -0.395 e.